The predicted octanol–water partition coefficient (Wildman–Crippen LogP) is 2.56. The van der Waals surface area contributed by atoms with E-state index in [0.29, 0.717) is 5.75 Å². The molecule has 1 atom stereocenters. The molecule has 0 bridgehead atoms. The normalized spacial score (nSPS) is 17.5. The molecule has 128 valence electrons. The predicted molar refractivity (Wildman–Crippen MR) is 95.6 cm³/mol. The Morgan fingerprint density at radius 3 is 3.04 bits per heavy atom. The Labute approximate surface area is 146 Å². The van der Waals surface area contributed by atoms with Gasteiger partial charge in [0.2, 0.25) is 5.91 Å². The Hall–Kier alpha value is -1.79. The van der Waals surface area contributed by atoms with Gasteiger partial charge in [-0.25, -0.2) is 4.98 Å². The molecule has 0 aliphatic carbocycles. The number of benzene rings is 1. The molecule has 1 aromatic carbocycles. The number of amides is 1. The van der Waals surface area contributed by atoms with E-state index in [1.54, 1.807) is 11.1 Å². The quantitative estimate of drug-likeness (QED) is 0.846. The van der Waals surface area contributed by atoms with Crippen LogP contribution in [0, 0.1) is 13.8 Å². The molecule has 24 heavy (non-hydrogen) atoms. The van der Waals surface area contributed by atoms with Crippen LogP contribution in [0.2, 0.25) is 0 Å². The van der Waals surface area contributed by atoms with Crippen LogP contribution in [0.5, 0.6) is 0 Å². The van der Waals surface area contributed by atoms with Crippen molar-refractivity contribution in [3.63, 3.8) is 0 Å². The van der Waals surface area contributed by atoms with Gasteiger partial charge in [0.05, 0.1) is 24.1 Å². The number of thioether (sulfide) groups is 1. The number of nitrogens with zero attached hydrogens (tertiary/aromatic N) is 3. The summed E-state index contributed by atoms with van der Waals surface area (Å²) in [5, 5.41) is 10.2. The van der Waals surface area contributed by atoms with E-state index in [2.05, 4.69) is 37.0 Å². The number of aryl methyl sites for hydroxylation is 2. The molecule has 3 rings (SSSR count). The number of carbonyl (C=O) groups is 1. The van der Waals surface area contributed by atoms with E-state index in [-0.39, 0.29) is 18.6 Å². The number of aliphatic hydroxyl groups excluding tert-OH is 1. The van der Waals surface area contributed by atoms with Gasteiger partial charge in [-0.15, -0.1) is 0 Å². The van der Waals surface area contributed by atoms with Crippen molar-refractivity contribution in [2.45, 2.75) is 37.9 Å². The van der Waals surface area contributed by atoms with E-state index >= 15 is 0 Å². The summed E-state index contributed by atoms with van der Waals surface area (Å²) in [7, 11) is 0. The lowest BCUT2D eigenvalue weighted by atomic mass is 10.1. The van der Waals surface area contributed by atoms with E-state index < -0.39 is 0 Å². The Balaban J connectivity index is 1.72. The number of imidazole rings is 1. The van der Waals surface area contributed by atoms with Crippen LogP contribution >= 0.6 is 11.8 Å². The smallest absolute Gasteiger partial charge is 0.233 e. The topological polar surface area (TPSA) is 58.4 Å². The molecule has 0 unspecified atom stereocenters. The highest BCUT2D eigenvalue weighted by atomic mass is 32.2. The van der Waals surface area contributed by atoms with Crippen molar-refractivity contribution in [3.05, 3.63) is 41.7 Å². The standard InChI is InChI=1S/C18H23N3O2S/c1-13-5-6-14(2)16(10-13)21-9-7-19-18(21)24-12-17(23)20-8-3-4-15(20)11-22/h5-7,9-10,15,22H,3-4,8,11-12H2,1-2H3/t15-/m1/s1. The summed E-state index contributed by atoms with van der Waals surface area (Å²) in [5.74, 6) is 0.422. The summed E-state index contributed by atoms with van der Waals surface area (Å²) in [4.78, 5) is 18.6. The third kappa shape index (κ3) is 3.49. The maximum Gasteiger partial charge on any atom is 0.233 e. The first-order chi connectivity index (χ1) is 11.6. The van der Waals surface area contributed by atoms with Gasteiger partial charge in [-0.2, -0.15) is 0 Å². The minimum absolute atomic E-state index is 0.0168. The molecule has 1 N–H and O–H groups in total. The van der Waals surface area contributed by atoms with Crippen molar-refractivity contribution in [1.82, 2.24) is 14.5 Å². The second-order valence-corrected chi connectivity index (χ2v) is 7.17. The van der Waals surface area contributed by atoms with E-state index in [4.69, 9.17) is 0 Å². The van der Waals surface area contributed by atoms with Gasteiger partial charge in [0.1, 0.15) is 0 Å². The summed E-state index contributed by atoms with van der Waals surface area (Å²) in [5.41, 5.74) is 3.46. The van der Waals surface area contributed by atoms with Crippen molar-refractivity contribution in [2.75, 3.05) is 18.9 Å². The summed E-state index contributed by atoms with van der Waals surface area (Å²) in [6, 6.07) is 6.30. The maximum atomic E-state index is 12.4. The van der Waals surface area contributed by atoms with Gasteiger partial charge in [-0.1, -0.05) is 23.9 Å². The van der Waals surface area contributed by atoms with Crippen LogP contribution in [0.4, 0.5) is 0 Å². The van der Waals surface area contributed by atoms with E-state index in [9.17, 15) is 9.90 Å². The first-order valence-corrected chi connectivity index (χ1v) is 9.23. The third-order valence-electron chi connectivity index (χ3n) is 4.46. The summed E-state index contributed by atoms with van der Waals surface area (Å²) in [6.07, 6.45) is 5.56. The number of likely N-dealkylation sites (tertiary alicyclic amines) is 1. The molecular formula is C18H23N3O2S. The lowest BCUT2D eigenvalue weighted by Crippen LogP contribution is -2.38. The highest BCUT2D eigenvalue weighted by Crippen LogP contribution is 2.25. The van der Waals surface area contributed by atoms with Gasteiger partial charge in [-0.05, 0) is 43.9 Å². The average molecular weight is 345 g/mol. The summed E-state index contributed by atoms with van der Waals surface area (Å²) in [6.45, 7) is 4.94. The van der Waals surface area contributed by atoms with Gasteiger partial charge in [0.15, 0.2) is 5.16 Å². The average Bonchev–Trinajstić information content (AvgIpc) is 3.23. The fourth-order valence-corrected chi connectivity index (χ4v) is 3.97. The molecule has 1 aliphatic rings. The Morgan fingerprint density at radius 1 is 1.42 bits per heavy atom. The fourth-order valence-electron chi connectivity index (χ4n) is 3.12. The van der Waals surface area contributed by atoms with E-state index in [0.717, 1.165) is 30.2 Å². The second-order valence-electron chi connectivity index (χ2n) is 6.22. The van der Waals surface area contributed by atoms with Crippen LogP contribution in [0.25, 0.3) is 5.69 Å². The number of aromatic nitrogens is 2. The molecule has 1 fully saturated rings. The molecule has 0 spiro atoms. The largest absolute Gasteiger partial charge is 0.394 e. The minimum Gasteiger partial charge on any atom is -0.394 e. The van der Waals surface area contributed by atoms with Crippen molar-refractivity contribution < 1.29 is 9.90 Å². The molecule has 2 heterocycles. The molecule has 5 nitrogen and oxygen atoms in total. The van der Waals surface area contributed by atoms with Crippen LogP contribution in [0.3, 0.4) is 0 Å². The monoisotopic (exact) mass is 345 g/mol. The van der Waals surface area contributed by atoms with Gasteiger partial charge < -0.3 is 10.0 Å². The van der Waals surface area contributed by atoms with Gasteiger partial charge in [0.25, 0.3) is 0 Å². The van der Waals surface area contributed by atoms with Crippen molar-refractivity contribution >= 4 is 17.7 Å². The molecular weight excluding hydrogens is 322 g/mol. The molecule has 0 radical (unpaired) electrons. The summed E-state index contributed by atoms with van der Waals surface area (Å²) < 4.78 is 2.04. The van der Waals surface area contributed by atoms with Crippen molar-refractivity contribution in [1.29, 1.82) is 0 Å². The maximum absolute atomic E-state index is 12.4. The molecule has 0 saturated carbocycles. The Kier molecular flexibility index (Phi) is 5.26. The van der Waals surface area contributed by atoms with Crippen LogP contribution in [0.15, 0.2) is 35.7 Å². The summed E-state index contributed by atoms with van der Waals surface area (Å²) >= 11 is 1.45. The van der Waals surface area contributed by atoms with Crippen LogP contribution in [0.1, 0.15) is 24.0 Å². The van der Waals surface area contributed by atoms with Crippen LogP contribution < -0.4 is 0 Å². The molecule has 1 saturated heterocycles. The van der Waals surface area contributed by atoms with E-state index in [1.807, 2.05) is 10.8 Å². The lowest BCUT2D eigenvalue weighted by molar-refractivity contribution is -0.129. The number of carbonyl (C=O) groups excluding carboxylic acids is 1. The zero-order valence-corrected chi connectivity index (χ0v) is 14.9. The third-order valence-corrected chi connectivity index (χ3v) is 5.42. The number of rotatable bonds is 5. The Morgan fingerprint density at radius 2 is 2.25 bits per heavy atom. The minimum atomic E-state index is -0.0168. The molecule has 2 aromatic rings. The van der Waals surface area contributed by atoms with Gasteiger partial charge in [0, 0.05) is 18.9 Å². The lowest BCUT2D eigenvalue weighted by Gasteiger charge is -2.22. The van der Waals surface area contributed by atoms with Gasteiger partial charge >= 0.3 is 0 Å². The number of hydrogen-bond donors (Lipinski definition) is 1. The van der Waals surface area contributed by atoms with Crippen molar-refractivity contribution in [2.24, 2.45) is 0 Å². The van der Waals surface area contributed by atoms with Crippen molar-refractivity contribution in [3.8, 4) is 5.69 Å². The first-order valence-electron chi connectivity index (χ1n) is 8.24. The second kappa shape index (κ2) is 7.40. The van der Waals surface area contributed by atoms with Gasteiger partial charge in [-0.3, -0.25) is 9.36 Å². The molecule has 1 aromatic heterocycles. The number of aliphatic hydroxyl groups is 1. The van der Waals surface area contributed by atoms with E-state index in [1.165, 1.54) is 22.9 Å². The Bertz CT molecular complexity index is 729. The van der Waals surface area contributed by atoms with Crippen LogP contribution in [-0.4, -0.2) is 50.4 Å². The molecule has 1 aliphatic heterocycles. The fraction of sp³-hybridized carbons (Fsp3) is 0.444. The highest BCUT2D eigenvalue weighted by Gasteiger charge is 2.28. The highest BCUT2D eigenvalue weighted by molar-refractivity contribution is 7.99. The zero-order chi connectivity index (χ0) is 17.1. The zero-order valence-electron chi connectivity index (χ0n) is 14.1. The van der Waals surface area contributed by atoms with Crippen LogP contribution in [-0.2, 0) is 4.79 Å². The first kappa shape index (κ1) is 17.0. The molecule has 6 heteroatoms. The number of hydrogen-bond acceptors (Lipinski definition) is 4. The SMILES string of the molecule is Cc1ccc(C)c(-n2ccnc2SCC(=O)N2CCC[C@@H]2CO)c1. The molecule has 1 amide bonds.